The molecule has 2 unspecified atom stereocenters. The van der Waals surface area contributed by atoms with Gasteiger partial charge in [-0.2, -0.15) is 0 Å². The molecule has 1 amide bonds. The van der Waals surface area contributed by atoms with Crippen LogP contribution < -0.4 is 10.1 Å². The summed E-state index contributed by atoms with van der Waals surface area (Å²) in [5.41, 5.74) is 0. The number of carboxylic acids is 2. The number of rotatable bonds is 11. The van der Waals surface area contributed by atoms with Crippen molar-refractivity contribution in [1.82, 2.24) is 10.2 Å². The molecule has 0 spiro atoms. The van der Waals surface area contributed by atoms with Crippen LogP contribution in [0.4, 0.5) is 4.79 Å². The van der Waals surface area contributed by atoms with E-state index < -0.39 is 30.1 Å². The van der Waals surface area contributed by atoms with Gasteiger partial charge in [0.1, 0.15) is 17.8 Å². The second-order valence-corrected chi connectivity index (χ2v) is 7.40. The molecule has 2 atom stereocenters. The Hall–Kier alpha value is -1.15. The zero-order chi connectivity index (χ0) is 19.5. The van der Waals surface area contributed by atoms with Crippen LogP contribution in [0.3, 0.4) is 0 Å². The van der Waals surface area contributed by atoms with Crippen LogP contribution in [0.5, 0.6) is 5.75 Å². The third-order valence-corrected chi connectivity index (χ3v) is 4.44. The lowest BCUT2D eigenvalue weighted by molar-refractivity contribution is -0.145. The maximum Gasteiger partial charge on any atom is 0.413 e. The van der Waals surface area contributed by atoms with Crippen molar-refractivity contribution < 1.29 is 29.3 Å². The monoisotopic (exact) mass is 590 g/mol. The summed E-state index contributed by atoms with van der Waals surface area (Å²) in [6, 6.07) is 5.80. The van der Waals surface area contributed by atoms with E-state index in [1.54, 1.807) is 35.2 Å². The van der Waals surface area contributed by atoms with Gasteiger partial charge in [0.05, 0.1) is 0 Å². The van der Waals surface area contributed by atoms with Crippen molar-refractivity contribution in [3.63, 3.8) is 0 Å². The second kappa shape index (κ2) is 12.3. The van der Waals surface area contributed by atoms with E-state index in [-0.39, 0.29) is 12.2 Å². The minimum atomic E-state index is -1.38. The van der Waals surface area contributed by atoms with Gasteiger partial charge < -0.3 is 20.3 Å². The van der Waals surface area contributed by atoms with Crippen LogP contribution in [0.15, 0.2) is 30.3 Å². The smallest absolute Gasteiger partial charge is 0.413 e. The Bertz CT molecular complexity index is 596. The van der Waals surface area contributed by atoms with Crippen LogP contribution in [0.2, 0.25) is 0 Å². The van der Waals surface area contributed by atoms with E-state index in [1.165, 1.54) is 0 Å². The summed E-state index contributed by atoms with van der Waals surface area (Å²) >= 11 is 4.27. The quantitative estimate of drug-likeness (QED) is 0.268. The average Bonchev–Trinajstić information content (AvgIpc) is 2.58. The first-order valence-corrected chi connectivity index (χ1v) is 10.8. The van der Waals surface area contributed by atoms with Crippen LogP contribution in [-0.2, 0) is 9.59 Å². The molecule has 0 aromatic heterocycles. The van der Waals surface area contributed by atoms with Crippen molar-refractivity contribution in [2.75, 3.05) is 21.9 Å². The molecule has 0 aliphatic carbocycles. The number of carboxylic acid groups (broad SMARTS) is 2. The molecule has 26 heavy (non-hydrogen) atoms. The largest absolute Gasteiger partial charge is 0.480 e. The average molecular weight is 590 g/mol. The number of hydrogen-bond donors (Lipinski definition) is 3. The lowest BCUT2D eigenvalue weighted by atomic mass is 10.1. The predicted octanol–water partition coefficient (Wildman–Crippen LogP) is 2.24. The Labute approximate surface area is 178 Å². The first-order chi connectivity index (χ1) is 12.4. The predicted molar refractivity (Wildman–Crippen MR) is 112 cm³/mol. The first-order valence-electron chi connectivity index (χ1n) is 7.74. The van der Waals surface area contributed by atoms with Gasteiger partial charge in [-0.15, -0.1) is 0 Å². The maximum atomic E-state index is 11.9. The zero-order valence-electron chi connectivity index (χ0n) is 13.8. The summed E-state index contributed by atoms with van der Waals surface area (Å²) in [4.78, 5) is 36.8. The number of para-hydroxylation sites is 1. The molecule has 0 fully saturated rings. The number of benzene rings is 1. The maximum absolute atomic E-state index is 11.9. The summed E-state index contributed by atoms with van der Waals surface area (Å²) < 4.78 is 6.43. The van der Waals surface area contributed by atoms with E-state index in [0.717, 1.165) is 0 Å². The summed E-state index contributed by atoms with van der Waals surface area (Å²) in [6.07, 6.45) is -1.20. The number of hydrogen-bond acceptors (Lipinski definition) is 5. The van der Waals surface area contributed by atoms with Gasteiger partial charge in [-0.05, 0) is 12.1 Å². The fraction of sp³-hybridized carbons (Fsp3) is 0.438. The molecule has 1 aromatic rings. The van der Waals surface area contributed by atoms with Crippen molar-refractivity contribution >= 4 is 63.2 Å². The van der Waals surface area contributed by atoms with Crippen LogP contribution in [0.1, 0.15) is 6.42 Å². The summed E-state index contributed by atoms with van der Waals surface area (Å²) in [5, 5.41) is 21.1. The van der Waals surface area contributed by atoms with Gasteiger partial charge in [0.25, 0.3) is 0 Å². The molecule has 3 N–H and O–H groups in total. The Balaban J connectivity index is 2.81. The Morgan fingerprint density at radius 1 is 1.04 bits per heavy atom. The number of nitrogens with one attached hydrogen (secondary N) is 1. The molecule has 0 saturated carbocycles. The number of ether oxygens (including phenoxy) is 1. The molecule has 0 bridgehead atoms. The number of carbonyl (C=O) groups is 3. The second-order valence-electron chi connectivity index (χ2n) is 5.24. The molecular formula is C16H20I2N2O6. The molecule has 0 saturated heterocycles. The van der Waals surface area contributed by atoms with Crippen molar-refractivity contribution in [2.24, 2.45) is 0 Å². The summed E-state index contributed by atoms with van der Waals surface area (Å²) in [6.45, 7) is 1.03. The standard InChI is InChI=1S/C16H20I2N2O6/c17-6-8-20(9-7-18)13(15(23)24)10-12(14(21)22)19-16(25)26-11-4-2-1-3-5-11/h1-5,12-13H,6-10H2,(H,19,25)(H,21,22)(H,23,24). The summed E-state index contributed by atoms with van der Waals surface area (Å²) in [7, 11) is 0. The lowest BCUT2D eigenvalue weighted by Crippen LogP contribution is -2.51. The van der Waals surface area contributed by atoms with E-state index in [1.807, 2.05) is 0 Å². The highest BCUT2D eigenvalue weighted by Gasteiger charge is 2.32. The number of halogens is 2. The van der Waals surface area contributed by atoms with Crippen LogP contribution in [0, 0.1) is 0 Å². The van der Waals surface area contributed by atoms with E-state index in [2.05, 4.69) is 50.5 Å². The number of alkyl halides is 2. The SMILES string of the molecule is O=C(NC(CC(C(=O)O)N(CCI)CCI)C(=O)O)Oc1ccccc1. The van der Waals surface area contributed by atoms with Gasteiger partial charge in [-0.25, -0.2) is 9.59 Å². The Kier molecular flexibility index (Phi) is 10.8. The van der Waals surface area contributed by atoms with Gasteiger partial charge >= 0.3 is 18.0 Å². The molecule has 10 heteroatoms. The highest BCUT2D eigenvalue weighted by atomic mass is 127. The minimum absolute atomic E-state index is 0.262. The number of amides is 1. The van der Waals surface area contributed by atoms with E-state index in [9.17, 15) is 24.6 Å². The van der Waals surface area contributed by atoms with Crippen LogP contribution >= 0.6 is 45.2 Å². The molecule has 1 rings (SSSR count). The van der Waals surface area contributed by atoms with Crippen molar-refractivity contribution in [3.8, 4) is 5.75 Å². The van der Waals surface area contributed by atoms with Gasteiger partial charge in [-0.3, -0.25) is 9.69 Å². The van der Waals surface area contributed by atoms with Gasteiger partial charge in [0.15, 0.2) is 0 Å². The zero-order valence-corrected chi connectivity index (χ0v) is 18.1. The molecule has 1 aromatic carbocycles. The summed E-state index contributed by atoms with van der Waals surface area (Å²) in [5.74, 6) is -2.17. The molecule has 144 valence electrons. The highest BCUT2D eigenvalue weighted by molar-refractivity contribution is 14.1. The Morgan fingerprint density at radius 2 is 1.62 bits per heavy atom. The van der Waals surface area contributed by atoms with Gasteiger partial charge in [0.2, 0.25) is 0 Å². The fourth-order valence-corrected chi connectivity index (χ4v) is 3.50. The van der Waals surface area contributed by atoms with E-state index in [4.69, 9.17) is 4.74 Å². The molecule has 0 radical (unpaired) electrons. The van der Waals surface area contributed by atoms with Crippen molar-refractivity contribution in [1.29, 1.82) is 0 Å². The topological polar surface area (TPSA) is 116 Å². The third kappa shape index (κ3) is 8.03. The van der Waals surface area contributed by atoms with E-state index >= 15 is 0 Å². The number of carbonyl (C=O) groups excluding carboxylic acids is 1. The molecule has 0 aliphatic heterocycles. The lowest BCUT2D eigenvalue weighted by Gasteiger charge is -2.29. The minimum Gasteiger partial charge on any atom is -0.480 e. The highest BCUT2D eigenvalue weighted by Crippen LogP contribution is 2.12. The van der Waals surface area contributed by atoms with Gasteiger partial charge in [0, 0.05) is 28.4 Å². The normalized spacial score (nSPS) is 13.0. The first kappa shape index (κ1) is 22.9. The molecule has 8 nitrogen and oxygen atoms in total. The number of nitrogens with zero attached hydrogens (tertiary/aromatic N) is 1. The Morgan fingerprint density at radius 3 is 2.08 bits per heavy atom. The molecular weight excluding hydrogens is 570 g/mol. The third-order valence-electron chi connectivity index (χ3n) is 3.47. The van der Waals surface area contributed by atoms with E-state index in [0.29, 0.717) is 21.9 Å². The fourth-order valence-electron chi connectivity index (χ4n) is 2.26. The van der Waals surface area contributed by atoms with Crippen molar-refractivity contribution in [3.05, 3.63) is 30.3 Å². The van der Waals surface area contributed by atoms with Crippen LogP contribution in [0.25, 0.3) is 0 Å². The van der Waals surface area contributed by atoms with Gasteiger partial charge in [-0.1, -0.05) is 63.4 Å². The molecule has 0 aliphatic rings. The molecule has 0 heterocycles. The number of aliphatic carboxylic acids is 2. The van der Waals surface area contributed by atoms with Crippen LogP contribution in [-0.4, -0.2) is 67.2 Å². The van der Waals surface area contributed by atoms with Crippen molar-refractivity contribution in [2.45, 2.75) is 18.5 Å².